The molecule has 0 aliphatic carbocycles. The van der Waals surface area contributed by atoms with Crippen molar-refractivity contribution in [2.75, 3.05) is 19.0 Å². The van der Waals surface area contributed by atoms with E-state index in [0.717, 1.165) is 10.0 Å². The van der Waals surface area contributed by atoms with Crippen LogP contribution >= 0.6 is 11.3 Å². The van der Waals surface area contributed by atoms with Gasteiger partial charge in [-0.1, -0.05) is 5.16 Å². The summed E-state index contributed by atoms with van der Waals surface area (Å²) < 4.78 is 0. The van der Waals surface area contributed by atoms with Crippen molar-refractivity contribution in [3.63, 3.8) is 0 Å². The van der Waals surface area contributed by atoms with Crippen LogP contribution in [0.25, 0.3) is 0 Å². The van der Waals surface area contributed by atoms with Gasteiger partial charge in [0, 0.05) is 31.6 Å². The van der Waals surface area contributed by atoms with Crippen LogP contribution in [0.3, 0.4) is 0 Å². The molecule has 3 N–H and O–H groups in total. The molecule has 0 amide bonds. The maximum Gasteiger partial charge on any atom is 0.184 e. The van der Waals surface area contributed by atoms with E-state index >= 15 is 0 Å². The molecule has 0 aliphatic heterocycles. The first-order valence-corrected chi connectivity index (χ1v) is 4.53. The average molecular weight is 200 g/mol. The van der Waals surface area contributed by atoms with Gasteiger partial charge >= 0.3 is 0 Å². The second-order valence-corrected chi connectivity index (χ2v) is 3.87. The van der Waals surface area contributed by atoms with Gasteiger partial charge in [0.1, 0.15) is 5.84 Å². The molecule has 0 aromatic carbocycles. The molecule has 1 heterocycles. The van der Waals surface area contributed by atoms with Crippen LogP contribution in [0.4, 0.5) is 5.13 Å². The van der Waals surface area contributed by atoms with Crippen molar-refractivity contribution in [1.29, 1.82) is 0 Å². The highest BCUT2D eigenvalue weighted by Crippen LogP contribution is 2.20. The molecule has 13 heavy (non-hydrogen) atoms. The van der Waals surface area contributed by atoms with Crippen LogP contribution in [0.15, 0.2) is 11.4 Å². The number of aromatic nitrogens is 1. The molecule has 1 rings (SSSR count). The number of amidine groups is 1. The van der Waals surface area contributed by atoms with E-state index in [-0.39, 0.29) is 5.84 Å². The Morgan fingerprint density at radius 3 is 2.92 bits per heavy atom. The van der Waals surface area contributed by atoms with E-state index in [1.807, 2.05) is 19.0 Å². The number of nitrogens with zero attached hydrogens (tertiary/aromatic N) is 3. The minimum Gasteiger partial charge on any atom is -0.409 e. The Bertz CT molecular complexity index is 307. The molecule has 1 aromatic heterocycles. The van der Waals surface area contributed by atoms with Gasteiger partial charge in [-0.25, -0.2) is 4.98 Å². The maximum atomic E-state index is 8.35. The molecule has 0 saturated heterocycles. The number of oxime groups is 1. The van der Waals surface area contributed by atoms with E-state index in [1.54, 1.807) is 6.20 Å². The number of nitrogens with two attached hydrogens (primary N) is 1. The molecule has 0 radical (unpaired) electrons. The summed E-state index contributed by atoms with van der Waals surface area (Å²) in [6, 6.07) is 0. The van der Waals surface area contributed by atoms with E-state index in [2.05, 4.69) is 10.1 Å². The Kier molecular flexibility index (Phi) is 3.07. The van der Waals surface area contributed by atoms with Gasteiger partial charge in [-0.05, 0) is 0 Å². The molecular formula is C7H12N4OS. The molecule has 6 heteroatoms. The number of thiazole rings is 1. The predicted octanol–water partition coefficient (Wildman–Crippen LogP) is 0.498. The van der Waals surface area contributed by atoms with Crippen LogP contribution in [-0.4, -0.2) is 30.1 Å². The number of hydrogen-bond donors (Lipinski definition) is 2. The fraction of sp³-hybridized carbons (Fsp3) is 0.429. The molecule has 0 saturated carbocycles. The molecule has 0 atom stereocenters. The third-order valence-corrected chi connectivity index (χ3v) is 2.57. The maximum absolute atomic E-state index is 8.35. The van der Waals surface area contributed by atoms with Crippen LogP contribution in [0.5, 0.6) is 0 Å². The van der Waals surface area contributed by atoms with Crippen LogP contribution in [-0.2, 0) is 6.42 Å². The van der Waals surface area contributed by atoms with Gasteiger partial charge in [0.25, 0.3) is 0 Å². The van der Waals surface area contributed by atoms with Crippen molar-refractivity contribution in [2.24, 2.45) is 10.9 Å². The Labute approximate surface area is 80.5 Å². The highest BCUT2D eigenvalue weighted by molar-refractivity contribution is 7.15. The SMILES string of the molecule is CN(C)c1ncc(C/C(N)=N/O)s1. The molecule has 0 unspecified atom stereocenters. The van der Waals surface area contributed by atoms with E-state index in [0.29, 0.717) is 6.42 Å². The second-order valence-electron chi connectivity index (χ2n) is 2.77. The fourth-order valence-electron chi connectivity index (χ4n) is 0.800. The quantitative estimate of drug-likeness (QED) is 0.322. The minimum atomic E-state index is 0.203. The summed E-state index contributed by atoms with van der Waals surface area (Å²) in [4.78, 5) is 7.06. The van der Waals surface area contributed by atoms with Gasteiger partial charge < -0.3 is 15.8 Å². The molecular weight excluding hydrogens is 188 g/mol. The molecule has 0 spiro atoms. The highest BCUT2D eigenvalue weighted by atomic mass is 32.1. The van der Waals surface area contributed by atoms with Crippen LogP contribution in [0.2, 0.25) is 0 Å². The molecule has 72 valence electrons. The van der Waals surface area contributed by atoms with Gasteiger partial charge in [-0.15, -0.1) is 11.3 Å². The summed E-state index contributed by atoms with van der Waals surface area (Å²) in [6.45, 7) is 0. The van der Waals surface area contributed by atoms with E-state index in [1.165, 1.54) is 11.3 Å². The number of anilines is 1. The lowest BCUT2D eigenvalue weighted by atomic mass is 10.4. The standard InChI is InChI=1S/C7H12N4OS/c1-11(2)7-9-4-5(13-7)3-6(8)10-12/h4,12H,3H2,1-2H3,(H2,8,10). The summed E-state index contributed by atoms with van der Waals surface area (Å²) in [7, 11) is 3.85. The van der Waals surface area contributed by atoms with Crippen LogP contribution in [0, 0.1) is 0 Å². The van der Waals surface area contributed by atoms with E-state index in [9.17, 15) is 0 Å². The third-order valence-electron chi connectivity index (χ3n) is 1.41. The second kappa shape index (κ2) is 4.08. The zero-order chi connectivity index (χ0) is 9.84. The normalized spacial score (nSPS) is 11.7. The zero-order valence-corrected chi connectivity index (χ0v) is 8.38. The first kappa shape index (κ1) is 9.79. The first-order chi connectivity index (χ1) is 6.13. The summed E-state index contributed by atoms with van der Waals surface area (Å²) in [5.74, 6) is 0.203. The van der Waals surface area contributed by atoms with Gasteiger partial charge in [0.05, 0.1) is 0 Å². The summed E-state index contributed by atoms with van der Waals surface area (Å²) in [6.07, 6.45) is 2.18. The van der Waals surface area contributed by atoms with Crippen molar-refractivity contribution >= 4 is 22.3 Å². The largest absolute Gasteiger partial charge is 0.409 e. The highest BCUT2D eigenvalue weighted by Gasteiger charge is 2.04. The molecule has 5 nitrogen and oxygen atoms in total. The van der Waals surface area contributed by atoms with Crippen molar-refractivity contribution in [3.8, 4) is 0 Å². The van der Waals surface area contributed by atoms with Crippen LogP contribution in [0.1, 0.15) is 4.88 Å². The molecule has 1 aromatic rings. The van der Waals surface area contributed by atoms with Gasteiger partial charge in [0.15, 0.2) is 5.13 Å². The minimum absolute atomic E-state index is 0.203. The lowest BCUT2D eigenvalue weighted by Crippen LogP contribution is -2.13. The van der Waals surface area contributed by atoms with E-state index in [4.69, 9.17) is 10.9 Å². The molecule has 0 bridgehead atoms. The number of hydrogen-bond acceptors (Lipinski definition) is 5. The van der Waals surface area contributed by atoms with Crippen LogP contribution < -0.4 is 10.6 Å². The Morgan fingerprint density at radius 1 is 1.77 bits per heavy atom. The lowest BCUT2D eigenvalue weighted by molar-refractivity contribution is 0.317. The summed E-state index contributed by atoms with van der Waals surface area (Å²) >= 11 is 1.53. The molecule has 0 fully saturated rings. The fourth-order valence-corrected chi connectivity index (χ4v) is 1.65. The lowest BCUT2D eigenvalue weighted by Gasteiger charge is -2.05. The molecule has 0 aliphatic rings. The van der Waals surface area contributed by atoms with Gasteiger partial charge in [-0.2, -0.15) is 0 Å². The van der Waals surface area contributed by atoms with Gasteiger partial charge in [-0.3, -0.25) is 0 Å². The first-order valence-electron chi connectivity index (χ1n) is 3.72. The Hall–Kier alpha value is -1.30. The predicted molar refractivity (Wildman–Crippen MR) is 53.6 cm³/mol. The third kappa shape index (κ3) is 2.59. The Morgan fingerprint density at radius 2 is 2.46 bits per heavy atom. The van der Waals surface area contributed by atoms with Crippen molar-refractivity contribution < 1.29 is 5.21 Å². The van der Waals surface area contributed by atoms with Crippen molar-refractivity contribution in [2.45, 2.75) is 6.42 Å². The van der Waals surface area contributed by atoms with Gasteiger partial charge in [0.2, 0.25) is 0 Å². The van der Waals surface area contributed by atoms with Crippen molar-refractivity contribution in [3.05, 3.63) is 11.1 Å². The average Bonchev–Trinajstić information content (AvgIpc) is 2.52. The number of rotatable bonds is 3. The summed E-state index contributed by atoms with van der Waals surface area (Å²) in [5, 5.41) is 12.2. The monoisotopic (exact) mass is 200 g/mol. The Balaban J connectivity index is 2.69. The van der Waals surface area contributed by atoms with Crippen molar-refractivity contribution in [1.82, 2.24) is 4.98 Å². The zero-order valence-electron chi connectivity index (χ0n) is 7.56. The van der Waals surface area contributed by atoms with E-state index < -0.39 is 0 Å². The smallest absolute Gasteiger partial charge is 0.184 e. The summed E-state index contributed by atoms with van der Waals surface area (Å²) in [5.41, 5.74) is 5.36. The topological polar surface area (TPSA) is 74.7 Å².